The van der Waals surface area contributed by atoms with Crippen molar-refractivity contribution in [2.45, 2.75) is 25.8 Å². The van der Waals surface area contributed by atoms with Crippen LogP contribution in [0.1, 0.15) is 23.3 Å². The maximum atomic E-state index is 11.8. The molecule has 0 unspecified atom stereocenters. The van der Waals surface area contributed by atoms with Crippen molar-refractivity contribution in [1.29, 1.82) is 0 Å². The Balaban J connectivity index is 1.70. The molecule has 1 heterocycles. The highest BCUT2D eigenvalue weighted by Crippen LogP contribution is 2.13. The van der Waals surface area contributed by atoms with Crippen molar-refractivity contribution < 1.29 is 19.4 Å². The van der Waals surface area contributed by atoms with Gasteiger partial charge in [-0.05, 0) is 35.6 Å². The molecule has 0 spiro atoms. The Morgan fingerprint density at radius 2 is 1.96 bits per heavy atom. The van der Waals surface area contributed by atoms with Crippen molar-refractivity contribution in [3.63, 3.8) is 0 Å². The highest BCUT2D eigenvalue weighted by molar-refractivity contribution is 7.10. The molecule has 5 nitrogen and oxygen atoms in total. The van der Waals surface area contributed by atoms with E-state index in [1.54, 1.807) is 11.3 Å². The molecule has 0 radical (unpaired) electrons. The van der Waals surface area contributed by atoms with E-state index in [1.807, 2.05) is 41.8 Å². The number of carbonyl (C=O) groups is 2. The first-order valence-corrected chi connectivity index (χ1v) is 8.24. The van der Waals surface area contributed by atoms with E-state index in [4.69, 9.17) is 9.84 Å². The summed E-state index contributed by atoms with van der Waals surface area (Å²) >= 11 is 1.57. The zero-order valence-corrected chi connectivity index (χ0v) is 13.5. The van der Waals surface area contributed by atoms with Crippen molar-refractivity contribution in [2.75, 3.05) is 6.61 Å². The average molecular weight is 333 g/mol. The highest BCUT2D eigenvalue weighted by Gasteiger charge is 2.04. The lowest BCUT2D eigenvalue weighted by Crippen LogP contribution is -2.24. The second-order valence-electron chi connectivity index (χ2n) is 5.02. The van der Waals surface area contributed by atoms with Gasteiger partial charge in [0.15, 0.2) is 0 Å². The van der Waals surface area contributed by atoms with Gasteiger partial charge in [0.25, 0.3) is 0 Å². The number of thiophene rings is 1. The van der Waals surface area contributed by atoms with Crippen molar-refractivity contribution in [3.8, 4) is 5.75 Å². The molecule has 0 fully saturated rings. The normalized spacial score (nSPS) is 10.3. The topological polar surface area (TPSA) is 75.6 Å². The van der Waals surface area contributed by atoms with Crippen LogP contribution in [0.5, 0.6) is 5.75 Å². The molecule has 122 valence electrons. The molecule has 23 heavy (non-hydrogen) atoms. The van der Waals surface area contributed by atoms with Crippen LogP contribution in [-0.2, 0) is 22.6 Å². The quantitative estimate of drug-likeness (QED) is 0.692. The van der Waals surface area contributed by atoms with Gasteiger partial charge < -0.3 is 15.2 Å². The highest BCUT2D eigenvalue weighted by atomic mass is 32.1. The minimum atomic E-state index is -0.817. The Morgan fingerprint density at radius 1 is 1.17 bits per heavy atom. The zero-order chi connectivity index (χ0) is 16.5. The van der Waals surface area contributed by atoms with Gasteiger partial charge in [-0.2, -0.15) is 0 Å². The molecule has 1 aromatic carbocycles. The SMILES string of the molecule is O=C(O)CCCOc1ccc(CNC(=O)Cc2cccs2)cc1. The van der Waals surface area contributed by atoms with E-state index in [9.17, 15) is 9.59 Å². The molecule has 6 heteroatoms. The minimum Gasteiger partial charge on any atom is -0.494 e. The summed E-state index contributed by atoms with van der Waals surface area (Å²) in [6, 6.07) is 11.3. The molecule has 2 rings (SSSR count). The summed E-state index contributed by atoms with van der Waals surface area (Å²) in [6.07, 6.45) is 0.993. The first-order chi connectivity index (χ1) is 11.1. The third-order valence-corrected chi connectivity index (χ3v) is 4.01. The first-order valence-electron chi connectivity index (χ1n) is 7.36. The number of nitrogens with one attached hydrogen (secondary N) is 1. The number of rotatable bonds is 9. The van der Waals surface area contributed by atoms with E-state index < -0.39 is 5.97 Å². The summed E-state index contributed by atoms with van der Waals surface area (Å²) in [5.41, 5.74) is 0.988. The molecule has 1 aromatic heterocycles. The van der Waals surface area contributed by atoms with E-state index in [2.05, 4.69) is 5.32 Å². The molecule has 0 saturated carbocycles. The largest absolute Gasteiger partial charge is 0.494 e. The lowest BCUT2D eigenvalue weighted by molar-refractivity contribution is -0.137. The van der Waals surface area contributed by atoms with Gasteiger partial charge in [-0.25, -0.2) is 0 Å². The number of amides is 1. The van der Waals surface area contributed by atoms with Crippen LogP contribution in [-0.4, -0.2) is 23.6 Å². The molecule has 1 amide bonds. The van der Waals surface area contributed by atoms with Crippen molar-refractivity contribution >= 4 is 23.2 Å². The van der Waals surface area contributed by atoms with Crippen molar-refractivity contribution in [1.82, 2.24) is 5.32 Å². The van der Waals surface area contributed by atoms with Crippen LogP contribution >= 0.6 is 11.3 Å². The van der Waals surface area contributed by atoms with Crippen LogP contribution < -0.4 is 10.1 Å². The summed E-state index contributed by atoms with van der Waals surface area (Å²) in [6.45, 7) is 0.854. The van der Waals surface area contributed by atoms with E-state index >= 15 is 0 Å². The molecular formula is C17H19NO4S. The van der Waals surface area contributed by atoms with Gasteiger partial charge in [-0.3, -0.25) is 9.59 Å². The molecular weight excluding hydrogens is 314 g/mol. The molecule has 0 aliphatic carbocycles. The van der Waals surface area contributed by atoms with Gasteiger partial charge >= 0.3 is 5.97 Å². The van der Waals surface area contributed by atoms with Gasteiger partial charge in [0.1, 0.15) is 5.75 Å². The number of hydrogen-bond donors (Lipinski definition) is 2. The van der Waals surface area contributed by atoms with E-state index in [0.29, 0.717) is 31.7 Å². The van der Waals surface area contributed by atoms with Crippen LogP contribution in [0.2, 0.25) is 0 Å². The van der Waals surface area contributed by atoms with E-state index in [0.717, 1.165) is 10.4 Å². The smallest absolute Gasteiger partial charge is 0.303 e. The van der Waals surface area contributed by atoms with Crippen LogP contribution in [0.25, 0.3) is 0 Å². The summed E-state index contributed by atoms with van der Waals surface area (Å²) in [5, 5.41) is 13.4. The fraction of sp³-hybridized carbons (Fsp3) is 0.294. The minimum absolute atomic E-state index is 0.00134. The molecule has 0 bridgehead atoms. The third kappa shape index (κ3) is 6.52. The summed E-state index contributed by atoms with van der Waals surface area (Å²) in [4.78, 5) is 23.2. The summed E-state index contributed by atoms with van der Waals surface area (Å²) in [5.74, 6) is -0.118. The fourth-order valence-electron chi connectivity index (χ4n) is 1.95. The Bertz CT molecular complexity index is 623. The number of carboxylic acids is 1. The molecule has 0 atom stereocenters. The summed E-state index contributed by atoms with van der Waals surface area (Å²) in [7, 11) is 0. The van der Waals surface area contributed by atoms with Crippen molar-refractivity contribution in [3.05, 3.63) is 52.2 Å². The van der Waals surface area contributed by atoms with Crippen molar-refractivity contribution in [2.24, 2.45) is 0 Å². The van der Waals surface area contributed by atoms with Gasteiger partial charge in [-0.15, -0.1) is 11.3 Å². The maximum absolute atomic E-state index is 11.8. The third-order valence-electron chi connectivity index (χ3n) is 3.13. The Morgan fingerprint density at radius 3 is 2.61 bits per heavy atom. The Kier molecular flexibility index (Phi) is 6.62. The average Bonchev–Trinajstić information content (AvgIpc) is 3.03. The molecule has 2 N–H and O–H groups in total. The Hall–Kier alpha value is -2.34. The molecule has 0 aliphatic rings. The van der Waals surface area contributed by atoms with E-state index in [1.165, 1.54) is 0 Å². The molecule has 2 aromatic rings. The second-order valence-corrected chi connectivity index (χ2v) is 6.05. The van der Waals surface area contributed by atoms with Crippen LogP contribution in [0, 0.1) is 0 Å². The van der Waals surface area contributed by atoms with Crippen LogP contribution in [0.3, 0.4) is 0 Å². The number of ether oxygens (including phenoxy) is 1. The second kappa shape index (κ2) is 8.95. The predicted octanol–water partition coefficient (Wildman–Crippen LogP) is 2.85. The lowest BCUT2D eigenvalue weighted by Gasteiger charge is -2.07. The number of hydrogen-bond acceptors (Lipinski definition) is 4. The van der Waals surface area contributed by atoms with E-state index in [-0.39, 0.29) is 12.3 Å². The molecule has 0 aliphatic heterocycles. The maximum Gasteiger partial charge on any atom is 0.303 e. The zero-order valence-electron chi connectivity index (χ0n) is 12.7. The number of carboxylic acid groups (broad SMARTS) is 1. The molecule has 0 saturated heterocycles. The Labute approximate surface area is 138 Å². The number of aliphatic carboxylic acids is 1. The first kappa shape index (κ1) is 17.0. The van der Waals surface area contributed by atoms with Gasteiger partial charge in [0, 0.05) is 17.8 Å². The van der Waals surface area contributed by atoms with Gasteiger partial charge in [0.2, 0.25) is 5.91 Å². The van der Waals surface area contributed by atoms with Crippen LogP contribution in [0.4, 0.5) is 0 Å². The standard InChI is InChI=1S/C17H19NO4S/c19-16(11-15-3-2-10-23-15)18-12-13-5-7-14(8-6-13)22-9-1-4-17(20)21/h2-3,5-8,10H,1,4,9,11-12H2,(H,18,19)(H,20,21). The van der Waals surface area contributed by atoms with Gasteiger partial charge in [-0.1, -0.05) is 18.2 Å². The van der Waals surface area contributed by atoms with Crippen LogP contribution in [0.15, 0.2) is 41.8 Å². The fourth-order valence-corrected chi connectivity index (χ4v) is 2.65. The van der Waals surface area contributed by atoms with Gasteiger partial charge in [0.05, 0.1) is 13.0 Å². The monoisotopic (exact) mass is 333 g/mol. The number of benzene rings is 1. The lowest BCUT2D eigenvalue weighted by atomic mass is 10.2. The predicted molar refractivity (Wildman–Crippen MR) is 88.7 cm³/mol. The summed E-state index contributed by atoms with van der Waals surface area (Å²) < 4.78 is 5.46. The number of carbonyl (C=O) groups excluding carboxylic acids is 1.